The molecule has 0 bridgehead atoms. The van der Waals surface area contributed by atoms with Gasteiger partial charge in [-0.2, -0.15) is 0 Å². The summed E-state index contributed by atoms with van der Waals surface area (Å²) in [7, 11) is 5.96. The van der Waals surface area contributed by atoms with E-state index in [-0.39, 0.29) is 32.2 Å². The van der Waals surface area contributed by atoms with Gasteiger partial charge in [0.25, 0.3) is 6.29 Å². The van der Waals surface area contributed by atoms with E-state index in [2.05, 4.69) is 50.3 Å². The Morgan fingerprint density at radius 1 is 0.476 bits per heavy atom. The Labute approximate surface area is 388 Å². The van der Waals surface area contributed by atoms with E-state index in [1.165, 1.54) is 141 Å². The summed E-state index contributed by atoms with van der Waals surface area (Å²) in [5.74, 6) is -2.01. The molecule has 0 fully saturated rings. The minimum absolute atomic E-state index is 0.184. The molecule has 2 unspecified atom stereocenters. The molecule has 0 aliphatic heterocycles. The van der Waals surface area contributed by atoms with Crippen molar-refractivity contribution in [1.82, 2.24) is 0 Å². The summed E-state index contributed by atoms with van der Waals surface area (Å²) in [5, 5.41) is 9.67. The number of aliphatic carboxylic acids is 1. The van der Waals surface area contributed by atoms with E-state index in [9.17, 15) is 19.5 Å². The van der Waals surface area contributed by atoms with Gasteiger partial charge in [0.1, 0.15) is 13.2 Å². The molecule has 0 radical (unpaired) electrons. The van der Waals surface area contributed by atoms with Gasteiger partial charge < -0.3 is 28.5 Å². The van der Waals surface area contributed by atoms with Gasteiger partial charge in [-0.05, 0) is 51.4 Å². The second-order valence-electron chi connectivity index (χ2n) is 18.8. The maximum absolute atomic E-state index is 12.8. The van der Waals surface area contributed by atoms with E-state index in [0.29, 0.717) is 23.9 Å². The lowest BCUT2D eigenvalue weighted by atomic mass is 10.0. The fraction of sp³-hybridized carbons (Fsp3) is 0.833. The molecule has 0 aromatic heterocycles. The van der Waals surface area contributed by atoms with Gasteiger partial charge in [-0.15, -0.1) is 0 Å². The Balaban J connectivity index is 4.35. The van der Waals surface area contributed by atoms with Crippen LogP contribution in [-0.4, -0.2) is 87.4 Å². The first-order chi connectivity index (χ1) is 30.6. The molecule has 9 heteroatoms. The van der Waals surface area contributed by atoms with E-state index in [1.807, 2.05) is 21.1 Å². The highest BCUT2D eigenvalue weighted by Crippen LogP contribution is 2.16. The number of likely N-dealkylation sites (N-methyl/N-ethyl adjacent to an activating group) is 1. The number of ether oxygens (including phenoxy) is 4. The van der Waals surface area contributed by atoms with Gasteiger partial charge in [0.2, 0.25) is 0 Å². The van der Waals surface area contributed by atoms with E-state index < -0.39 is 24.3 Å². The Bertz CT molecular complexity index is 1130. The molecule has 2 atom stereocenters. The molecule has 0 aliphatic rings. The predicted molar refractivity (Wildman–Crippen MR) is 263 cm³/mol. The van der Waals surface area contributed by atoms with Crippen LogP contribution in [0.1, 0.15) is 232 Å². The van der Waals surface area contributed by atoms with Crippen LogP contribution in [-0.2, 0) is 33.3 Å². The highest BCUT2D eigenvalue weighted by atomic mass is 16.7. The van der Waals surface area contributed by atoms with Gasteiger partial charge in [0.15, 0.2) is 6.10 Å². The Morgan fingerprint density at radius 3 is 1.27 bits per heavy atom. The summed E-state index contributed by atoms with van der Waals surface area (Å²) in [6.07, 6.45) is 50.6. The summed E-state index contributed by atoms with van der Waals surface area (Å²) in [6, 6.07) is 0. The van der Waals surface area contributed by atoms with Crippen LogP contribution in [0.5, 0.6) is 0 Å². The quantitative estimate of drug-likeness (QED) is 0.0212. The number of rotatable bonds is 48. The van der Waals surface area contributed by atoms with Crippen molar-refractivity contribution in [1.29, 1.82) is 0 Å². The van der Waals surface area contributed by atoms with Crippen LogP contribution in [0.3, 0.4) is 0 Å². The number of hydrogen-bond acceptors (Lipinski definition) is 7. The third-order valence-corrected chi connectivity index (χ3v) is 11.4. The third kappa shape index (κ3) is 47.3. The molecule has 0 aromatic carbocycles. The largest absolute Gasteiger partial charge is 0.477 e. The number of carbonyl (C=O) groups is 3. The molecule has 0 aromatic rings. The lowest BCUT2D eigenvalue weighted by Gasteiger charge is -2.25. The van der Waals surface area contributed by atoms with Crippen LogP contribution in [0.2, 0.25) is 0 Å². The van der Waals surface area contributed by atoms with Gasteiger partial charge in [-0.1, -0.05) is 204 Å². The van der Waals surface area contributed by atoms with Gasteiger partial charge in [-0.25, -0.2) is 4.79 Å². The lowest BCUT2D eigenvalue weighted by Crippen LogP contribution is -2.40. The molecule has 368 valence electrons. The number of unbranched alkanes of at least 4 members (excludes halogenated alkanes) is 27. The lowest BCUT2D eigenvalue weighted by molar-refractivity contribution is -0.870. The normalized spacial score (nSPS) is 13.1. The zero-order valence-electron chi connectivity index (χ0n) is 41.7. The van der Waals surface area contributed by atoms with Crippen LogP contribution < -0.4 is 0 Å². The number of carboxylic acid groups (broad SMARTS) is 1. The number of quaternary nitrogens is 1. The number of esters is 2. The van der Waals surface area contributed by atoms with Crippen molar-refractivity contribution in [2.45, 2.75) is 245 Å². The fourth-order valence-corrected chi connectivity index (χ4v) is 7.31. The van der Waals surface area contributed by atoms with Crippen molar-refractivity contribution in [3.63, 3.8) is 0 Å². The van der Waals surface area contributed by atoms with Crippen molar-refractivity contribution >= 4 is 17.9 Å². The third-order valence-electron chi connectivity index (χ3n) is 11.4. The zero-order valence-corrected chi connectivity index (χ0v) is 41.7. The number of carboxylic acids is 1. The molecule has 0 rings (SSSR count). The monoisotopic (exact) mass is 891 g/mol. The minimum atomic E-state index is -1.51. The van der Waals surface area contributed by atoms with Crippen LogP contribution in [0, 0.1) is 0 Å². The molecule has 63 heavy (non-hydrogen) atoms. The topological polar surface area (TPSA) is 108 Å². The Hall–Kier alpha value is -2.49. The Kier molecular flexibility index (Phi) is 44.2. The molecule has 0 heterocycles. The number of carbonyl (C=O) groups excluding carboxylic acids is 2. The van der Waals surface area contributed by atoms with Crippen LogP contribution in [0.4, 0.5) is 0 Å². The van der Waals surface area contributed by atoms with Crippen molar-refractivity contribution in [3.05, 3.63) is 36.5 Å². The first-order valence-corrected chi connectivity index (χ1v) is 26.2. The fourth-order valence-electron chi connectivity index (χ4n) is 7.31. The first-order valence-electron chi connectivity index (χ1n) is 26.2. The number of allylic oxidation sites excluding steroid dienone is 6. The molecule has 0 amide bonds. The smallest absolute Gasteiger partial charge is 0.361 e. The van der Waals surface area contributed by atoms with Gasteiger partial charge >= 0.3 is 17.9 Å². The molecular formula is C54H100NO8+. The first kappa shape index (κ1) is 60.5. The Morgan fingerprint density at radius 2 is 0.857 bits per heavy atom. The van der Waals surface area contributed by atoms with Crippen molar-refractivity contribution < 1.29 is 42.9 Å². The molecule has 0 saturated heterocycles. The standard InChI is InChI=1S/C54H99NO8/c1-6-8-10-12-14-16-18-20-22-24-25-26-27-29-31-33-35-37-39-41-43-45-52(57)63-50(49-62-54(53(58)59)60-47-46-55(3,4)5)48-61-51(56)44-42-40-38-36-34-32-30-28-23-21-19-17-15-13-11-9-7-2/h18,20,24-25,27,29,50,54H,6-17,19,21-23,26,28,30-49H2,1-5H3/p+1/b20-18-,25-24-,29-27-. The van der Waals surface area contributed by atoms with Crippen molar-refractivity contribution in [2.24, 2.45) is 0 Å². The molecule has 1 N–H and O–H groups in total. The van der Waals surface area contributed by atoms with Crippen molar-refractivity contribution in [2.75, 3.05) is 47.5 Å². The predicted octanol–water partition coefficient (Wildman–Crippen LogP) is 14.6. The maximum atomic E-state index is 12.8. The van der Waals surface area contributed by atoms with Gasteiger partial charge in [0, 0.05) is 12.8 Å². The highest BCUT2D eigenvalue weighted by Gasteiger charge is 2.25. The second-order valence-corrected chi connectivity index (χ2v) is 18.8. The molecular weight excluding hydrogens is 791 g/mol. The van der Waals surface area contributed by atoms with Gasteiger partial charge in [0.05, 0.1) is 34.4 Å². The molecule has 9 nitrogen and oxygen atoms in total. The highest BCUT2D eigenvalue weighted by molar-refractivity contribution is 5.71. The average Bonchev–Trinajstić information content (AvgIpc) is 3.24. The average molecular weight is 891 g/mol. The van der Waals surface area contributed by atoms with E-state index >= 15 is 0 Å². The number of hydrogen-bond donors (Lipinski definition) is 1. The summed E-state index contributed by atoms with van der Waals surface area (Å²) >= 11 is 0. The number of nitrogens with zero attached hydrogens (tertiary/aromatic N) is 1. The molecule has 0 aliphatic carbocycles. The van der Waals surface area contributed by atoms with Crippen LogP contribution in [0.25, 0.3) is 0 Å². The second kappa shape index (κ2) is 46.1. The molecule has 0 spiro atoms. The maximum Gasteiger partial charge on any atom is 0.361 e. The minimum Gasteiger partial charge on any atom is -0.477 e. The van der Waals surface area contributed by atoms with Crippen LogP contribution >= 0.6 is 0 Å². The van der Waals surface area contributed by atoms with Crippen molar-refractivity contribution in [3.8, 4) is 0 Å². The summed E-state index contributed by atoms with van der Waals surface area (Å²) < 4.78 is 22.8. The van der Waals surface area contributed by atoms with E-state index in [1.54, 1.807) is 0 Å². The van der Waals surface area contributed by atoms with Gasteiger partial charge in [-0.3, -0.25) is 9.59 Å². The van der Waals surface area contributed by atoms with E-state index in [0.717, 1.165) is 57.8 Å². The summed E-state index contributed by atoms with van der Waals surface area (Å²) in [5.41, 5.74) is 0. The van der Waals surface area contributed by atoms with E-state index in [4.69, 9.17) is 18.9 Å². The summed E-state index contributed by atoms with van der Waals surface area (Å²) in [6.45, 7) is 4.87. The van der Waals surface area contributed by atoms with Crippen LogP contribution in [0.15, 0.2) is 36.5 Å². The zero-order chi connectivity index (χ0) is 46.3. The SMILES string of the molecule is CCCCCCC/C=C\C/C=C\C/C=C\CCCCCCCCC(=O)OC(COC(=O)CCCCCCCCCCCCCCCCCCC)COC(OCC[N+](C)(C)C)C(=O)O. The summed E-state index contributed by atoms with van der Waals surface area (Å²) in [4.78, 5) is 37.3. The molecule has 0 saturated carbocycles.